The van der Waals surface area contributed by atoms with Crippen molar-refractivity contribution in [3.63, 3.8) is 0 Å². The molecule has 0 spiro atoms. The minimum absolute atomic E-state index is 0.188. The van der Waals surface area contributed by atoms with Gasteiger partial charge in [0.2, 0.25) is 0 Å². The number of aromatic nitrogens is 2. The van der Waals surface area contributed by atoms with E-state index in [1.54, 1.807) is 6.20 Å². The predicted octanol–water partition coefficient (Wildman–Crippen LogP) is 2.28. The average molecular weight is 215 g/mol. The topological polar surface area (TPSA) is 40.7 Å². The van der Waals surface area contributed by atoms with Crippen molar-refractivity contribution in [3.05, 3.63) is 53.3 Å². The number of nitrogens with one attached hydrogen (secondary N) is 2. The SMILES string of the molecule is CCc1ccc(C(NC)c2ccn[nH]2)cc1. The first-order valence-electron chi connectivity index (χ1n) is 5.60. The summed E-state index contributed by atoms with van der Waals surface area (Å²) in [6.45, 7) is 2.17. The summed E-state index contributed by atoms with van der Waals surface area (Å²) in [6, 6.07) is 10.9. The van der Waals surface area contributed by atoms with Crippen molar-refractivity contribution in [1.29, 1.82) is 0 Å². The van der Waals surface area contributed by atoms with E-state index in [4.69, 9.17) is 0 Å². The molecule has 1 heterocycles. The third-order valence-corrected chi connectivity index (χ3v) is 2.84. The molecule has 1 aromatic heterocycles. The van der Waals surface area contributed by atoms with E-state index in [2.05, 4.69) is 46.7 Å². The highest BCUT2D eigenvalue weighted by Gasteiger charge is 2.12. The lowest BCUT2D eigenvalue weighted by Gasteiger charge is -2.15. The van der Waals surface area contributed by atoms with E-state index in [1.165, 1.54) is 11.1 Å². The maximum Gasteiger partial charge on any atom is 0.0743 e. The van der Waals surface area contributed by atoms with E-state index >= 15 is 0 Å². The van der Waals surface area contributed by atoms with E-state index in [0.29, 0.717) is 0 Å². The Kier molecular flexibility index (Phi) is 3.37. The fraction of sp³-hybridized carbons (Fsp3) is 0.308. The molecule has 1 unspecified atom stereocenters. The normalized spacial score (nSPS) is 12.6. The summed E-state index contributed by atoms with van der Waals surface area (Å²) in [5, 5.41) is 10.3. The standard InChI is InChI=1S/C13H17N3/c1-3-10-4-6-11(7-5-10)13(14-2)12-8-9-15-16-12/h4-9,13-14H,3H2,1-2H3,(H,15,16). The van der Waals surface area contributed by atoms with Gasteiger partial charge in [-0.25, -0.2) is 0 Å². The van der Waals surface area contributed by atoms with Gasteiger partial charge < -0.3 is 5.32 Å². The summed E-state index contributed by atoms with van der Waals surface area (Å²) >= 11 is 0. The molecule has 3 heteroatoms. The fourth-order valence-corrected chi connectivity index (χ4v) is 1.87. The van der Waals surface area contributed by atoms with E-state index < -0.39 is 0 Å². The molecule has 2 N–H and O–H groups in total. The molecule has 0 aliphatic carbocycles. The lowest BCUT2D eigenvalue weighted by molar-refractivity contribution is 0.667. The van der Waals surface area contributed by atoms with Crippen molar-refractivity contribution in [2.75, 3.05) is 7.05 Å². The van der Waals surface area contributed by atoms with Crippen LogP contribution in [0.1, 0.15) is 29.8 Å². The molecule has 3 nitrogen and oxygen atoms in total. The number of benzene rings is 1. The Labute approximate surface area is 95.9 Å². The lowest BCUT2D eigenvalue weighted by atomic mass is 10.0. The maximum absolute atomic E-state index is 3.99. The number of rotatable bonds is 4. The minimum atomic E-state index is 0.188. The fourth-order valence-electron chi connectivity index (χ4n) is 1.87. The molecule has 0 aliphatic rings. The summed E-state index contributed by atoms with van der Waals surface area (Å²) in [5.41, 5.74) is 3.71. The molecule has 0 saturated carbocycles. The van der Waals surface area contributed by atoms with Crippen molar-refractivity contribution >= 4 is 0 Å². The molecule has 0 amide bonds. The Morgan fingerprint density at radius 1 is 1.25 bits per heavy atom. The number of hydrogen-bond acceptors (Lipinski definition) is 2. The molecular weight excluding hydrogens is 198 g/mol. The second kappa shape index (κ2) is 4.94. The van der Waals surface area contributed by atoms with Crippen molar-refractivity contribution in [2.24, 2.45) is 0 Å². The van der Waals surface area contributed by atoms with Gasteiger partial charge in [-0.15, -0.1) is 0 Å². The third kappa shape index (κ3) is 2.14. The van der Waals surface area contributed by atoms with Gasteiger partial charge in [0.15, 0.2) is 0 Å². The van der Waals surface area contributed by atoms with Gasteiger partial charge in [-0.1, -0.05) is 31.2 Å². The zero-order valence-electron chi connectivity index (χ0n) is 9.70. The highest BCUT2D eigenvalue weighted by Crippen LogP contribution is 2.19. The third-order valence-electron chi connectivity index (χ3n) is 2.84. The van der Waals surface area contributed by atoms with Crippen LogP contribution in [0.3, 0.4) is 0 Å². The van der Waals surface area contributed by atoms with Crippen molar-refractivity contribution in [3.8, 4) is 0 Å². The molecule has 1 aromatic carbocycles. The minimum Gasteiger partial charge on any atom is -0.308 e. The first kappa shape index (κ1) is 10.9. The van der Waals surface area contributed by atoms with Crippen LogP contribution in [0.4, 0.5) is 0 Å². The summed E-state index contributed by atoms with van der Waals surface area (Å²) in [7, 11) is 1.96. The summed E-state index contributed by atoms with van der Waals surface area (Å²) in [5.74, 6) is 0. The zero-order chi connectivity index (χ0) is 11.4. The summed E-state index contributed by atoms with van der Waals surface area (Å²) in [6.07, 6.45) is 2.86. The van der Waals surface area contributed by atoms with Crippen molar-refractivity contribution < 1.29 is 0 Å². The van der Waals surface area contributed by atoms with Crippen LogP contribution in [0.15, 0.2) is 36.5 Å². The van der Waals surface area contributed by atoms with E-state index in [9.17, 15) is 0 Å². The zero-order valence-corrected chi connectivity index (χ0v) is 9.70. The molecular formula is C13H17N3. The van der Waals surface area contributed by atoms with Gasteiger partial charge in [-0.2, -0.15) is 5.10 Å². The van der Waals surface area contributed by atoms with Gasteiger partial charge in [0.25, 0.3) is 0 Å². The van der Waals surface area contributed by atoms with Gasteiger partial charge in [0.1, 0.15) is 0 Å². The molecule has 0 bridgehead atoms. The molecule has 84 valence electrons. The Morgan fingerprint density at radius 2 is 2.00 bits per heavy atom. The smallest absolute Gasteiger partial charge is 0.0743 e. The molecule has 2 aromatic rings. The molecule has 0 radical (unpaired) electrons. The first-order valence-corrected chi connectivity index (χ1v) is 5.60. The van der Waals surface area contributed by atoms with Crippen LogP contribution in [0.5, 0.6) is 0 Å². The Hall–Kier alpha value is -1.61. The second-order valence-electron chi connectivity index (χ2n) is 3.83. The number of aromatic amines is 1. The highest BCUT2D eigenvalue weighted by atomic mass is 15.1. The molecule has 2 rings (SSSR count). The average Bonchev–Trinajstić information content (AvgIpc) is 2.85. The quantitative estimate of drug-likeness (QED) is 0.821. The number of hydrogen-bond donors (Lipinski definition) is 2. The van der Waals surface area contributed by atoms with Crippen LogP contribution in [-0.4, -0.2) is 17.2 Å². The van der Waals surface area contributed by atoms with Gasteiger partial charge in [0.05, 0.1) is 11.7 Å². The van der Waals surface area contributed by atoms with Crippen molar-refractivity contribution in [1.82, 2.24) is 15.5 Å². The molecule has 16 heavy (non-hydrogen) atoms. The van der Waals surface area contributed by atoms with Crippen molar-refractivity contribution in [2.45, 2.75) is 19.4 Å². The first-order chi connectivity index (χ1) is 7.85. The van der Waals surface area contributed by atoms with Crippen LogP contribution >= 0.6 is 0 Å². The highest BCUT2D eigenvalue weighted by molar-refractivity contribution is 5.30. The second-order valence-corrected chi connectivity index (χ2v) is 3.83. The number of H-pyrrole nitrogens is 1. The van der Waals surface area contributed by atoms with Crippen LogP contribution in [0.25, 0.3) is 0 Å². The van der Waals surface area contributed by atoms with Gasteiger partial charge >= 0.3 is 0 Å². The van der Waals surface area contributed by atoms with E-state index in [1.807, 2.05) is 13.1 Å². The molecule has 0 aliphatic heterocycles. The van der Waals surface area contributed by atoms with Gasteiger partial charge in [-0.3, -0.25) is 5.10 Å². The summed E-state index contributed by atoms with van der Waals surface area (Å²) in [4.78, 5) is 0. The monoisotopic (exact) mass is 215 g/mol. The lowest BCUT2D eigenvalue weighted by Crippen LogP contribution is -2.18. The van der Waals surface area contributed by atoms with Gasteiger partial charge in [-0.05, 0) is 30.7 Å². The van der Waals surface area contributed by atoms with Crippen LogP contribution in [-0.2, 0) is 6.42 Å². The molecule has 1 atom stereocenters. The Morgan fingerprint density at radius 3 is 2.50 bits per heavy atom. The van der Waals surface area contributed by atoms with Crippen LogP contribution < -0.4 is 5.32 Å². The molecule has 0 fully saturated rings. The summed E-state index contributed by atoms with van der Waals surface area (Å²) < 4.78 is 0. The number of nitrogens with zero attached hydrogens (tertiary/aromatic N) is 1. The number of aryl methyl sites for hydroxylation is 1. The van der Waals surface area contributed by atoms with Gasteiger partial charge in [0, 0.05) is 6.20 Å². The predicted molar refractivity (Wildman–Crippen MR) is 65.3 cm³/mol. The maximum atomic E-state index is 3.99. The largest absolute Gasteiger partial charge is 0.308 e. The van der Waals surface area contributed by atoms with E-state index in [-0.39, 0.29) is 6.04 Å². The van der Waals surface area contributed by atoms with E-state index in [0.717, 1.165) is 12.1 Å². The molecule has 0 saturated heterocycles. The van der Waals surface area contributed by atoms with Crippen LogP contribution in [0.2, 0.25) is 0 Å². The van der Waals surface area contributed by atoms with Crippen LogP contribution in [0, 0.1) is 0 Å². The Bertz CT molecular complexity index is 417. The Balaban J connectivity index is 2.27.